The number of carbonyl (C=O) groups excluding carboxylic acids is 2. The molecule has 2 atom stereocenters. The minimum atomic E-state index is -0.712. The molecule has 2 amide bonds. The lowest BCUT2D eigenvalue weighted by Gasteiger charge is -2.23. The molecule has 27 heavy (non-hydrogen) atoms. The molecule has 146 valence electrons. The van der Waals surface area contributed by atoms with Gasteiger partial charge in [-0.05, 0) is 35.7 Å². The number of hydrogen-bond acceptors (Lipinski definition) is 3. The van der Waals surface area contributed by atoms with Gasteiger partial charge < -0.3 is 16.4 Å². The van der Waals surface area contributed by atoms with Crippen molar-refractivity contribution in [1.29, 1.82) is 0 Å². The number of carbonyl (C=O) groups is 2. The van der Waals surface area contributed by atoms with E-state index < -0.39 is 17.8 Å². The summed E-state index contributed by atoms with van der Waals surface area (Å²) in [5.74, 6) is -1.27. The van der Waals surface area contributed by atoms with E-state index in [2.05, 4.69) is 10.6 Å². The molecule has 0 saturated heterocycles. The van der Waals surface area contributed by atoms with Gasteiger partial charge in [0.15, 0.2) is 0 Å². The van der Waals surface area contributed by atoms with Gasteiger partial charge in [-0.2, -0.15) is 0 Å². The van der Waals surface area contributed by atoms with E-state index in [1.165, 1.54) is 24.3 Å². The quantitative estimate of drug-likeness (QED) is 0.676. The molecular formula is C20H25ClFN3O2. The number of halogens is 2. The third-order valence-corrected chi connectivity index (χ3v) is 4.07. The number of nitrogens with one attached hydrogen (secondary N) is 2. The number of amides is 2. The Morgan fingerprint density at radius 3 is 2.19 bits per heavy atom. The van der Waals surface area contributed by atoms with Crippen LogP contribution in [0.5, 0.6) is 0 Å². The fraction of sp³-hybridized carbons (Fsp3) is 0.300. The number of hydrogen-bond donors (Lipinski definition) is 3. The van der Waals surface area contributed by atoms with Crippen LogP contribution in [0.4, 0.5) is 4.39 Å². The molecular weight excluding hydrogens is 369 g/mol. The van der Waals surface area contributed by atoms with Crippen molar-refractivity contribution in [2.45, 2.75) is 25.9 Å². The first-order valence-corrected chi connectivity index (χ1v) is 8.53. The van der Waals surface area contributed by atoms with Crippen molar-refractivity contribution in [3.63, 3.8) is 0 Å². The van der Waals surface area contributed by atoms with Gasteiger partial charge in [-0.3, -0.25) is 9.59 Å². The van der Waals surface area contributed by atoms with Gasteiger partial charge in [0.1, 0.15) is 11.9 Å². The molecule has 2 unspecified atom stereocenters. The third-order valence-electron chi connectivity index (χ3n) is 4.07. The molecule has 5 nitrogen and oxygen atoms in total. The molecule has 0 aliphatic heterocycles. The molecule has 2 aromatic carbocycles. The third kappa shape index (κ3) is 6.66. The van der Waals surface area contributed by atoms with Crippen molar-refractivity contribution >= 4 is 24.2 Å². The van der Waals surface area contributed by atoms with E-state index in [0.717, 1.165) is 5.56 Å². The van der Waals surface area contributed by atoms with E-state index in [1.54, 1.807) is 0 Å². The van der Waals surface area contributed by atoms with Crippen molar-refractivity contribution in [3.8, 4) is 0 Å². The Morgan fingerprint density at radius 1 is 1.04 bits per heavy atom. The topological polar surface area (TPSA) is 84.2 Å². The maximum Gasteiger partial charge on any atom is 0.251 e. The van der Waals surface area contributed by atoms with Crippen LogP contribution in [0.2, 0.25) is 0 Å². The van der Waals surface area contributed by atoms with Crippen molar-refractivity contribution < 1.29 is 14.0 Å². The van der Waals surface area contributed by atoms with Gasteiger partial charge in [-0.25, -0.2) is 4.39 Å². The van der Waals surface area contributed by atoms with Gasteiger partial charge in [-0.1, -0.05) is 44.2 Å². The van der Waals surface area contributed by atoms with Crippen molar-refractivity contribution in [3.05, 3.63) is 71.5 Å². The highest BCUT2D eigenvalue weighted by Gasteiger charge is 2.25. The Bertz CT molecular complexity index is 739. The lowest BCUT2D eigenvalue weighted by Crippen LogP contribution is -2.50. The summed E-state index contributed by atoms with van der Waals surface area (Å²) in [6.07, 6.45) is 0. The SMILES string of the molecule is CC(C)C(NC(=O)c1ccc(F)cc1)C(=O)NCC(N)c1ccccc1.Cl. The predicted molar refractivity (Wildman–Crippen MR) is 106 cm³/mol. The van der Waals surface area contributed by atoms with Crippen LogP contribution >= 0.6 is 12.4 Å². The Hall–Kier alpha value is -2.44. The highest BCUT2D eigenvalue weighted by Crippen LogP contribution is 2.10. The lowest BCUT2D eigenvalue weighted by atomic mass is 10.0. The fourth-order valence-corrected chi connectivity index (χ4v) is 2.50. The molecule has 0 heterocycles. The monoisotopic (exact) mass is 393 g/mol. The first-order valence-electron chi connectivity index (χ1n) is 8.53. The zero-order valence-corrected chi connectivity index (χ0v) is 16.1. The summed E-state index contributed by atoms with van der Waals surface area (Å²) in [6.45, 7) is 3.94. The zero-order valence-electron chi connectivity index (χ0n) is 15.3. The summed E-state index contributed by atoms with van der Waals surface area (Å²) >= 11 is 0. The molecule has 2 aromatic rings. The Morgan fingerprint density at radius 2 is 1.63 bits per heavy atom. The van der Waals surface area contributed by atoms with Crippen LogP contribution in [0, 0.1) is 11.7 Å². The average Bonchev–Trinajstić information content (AvgIpc) is 2.64. The molecule has 0 radical (unpaired) electrons. The standard InChI is InChI=1S/C20H24FN3O2.ClH/c1-13(2)18(24-19(25)15-8-10-16(21)11-9-15)20(26)23-12-17(22)14-6-4-3-5-7-14;/h3-11,13,17-18H,12,22H2,1-2H3,(H,23,26)(H,24,25);1H. The largest absolute Gasteiger partial charge is 0.352 e. The fourth-order valence-electron chi connectivity index (χ4n) is 2.50. The molecule has 2 rings (SSSR count). The smallest absolute Gasteiger partial charge is 0.251 e. The van der Waals surface area contributed by atoms with Gasteiger partial charge in [0.25, 0.3) is 5.91 Å². The second-order valence-corrected chi connectivity index (χ2v) is 6.46. The van der Waals surface area contributed by atoms with Crippen LogP contribution < -0.4 is 16.4 Å². The summed E-state index contributed by atoms with van der Waals surface area (Å²) in [4.78, 5) is 24.8. The molecule has 4 N–H and O–H groups in total. The summed E-state index contributed by atoms with van der Waals surface area (Å²) in [6, 6.07) is 13.6. The van der Waals surface area contributed by atoms with Gasteiger partial charge in [0.2, 0.25) is 5.91 Å². The maximum atomic E-state index is 13.0. The number of benzene rings is 2. The predicted octanol–water partition coefficient (Wildman–Crippen LogP) is 2.82. The molecule has 0 spiro atoms. The average molecular weight is 394 g/mol. The highest BCUT2D eigenvalue weighted by molar-refractivity contribution is 5.97. The molecule has 0 saturated carbocycles. The first kappa shape index (κ1) is 22.6. The normalized spacial score (nSPS) is 12.6. The van der Waals surface area contributed by atoms with Crippen LogP contribution in [0.15, 0.2) is 54.6 Å². The number of rotatable bonds is 7. The maximum absolute atomic E-state index is 13.0. The van der Waals surface area contributed by atoms with E-state index in [1.807, 2.05) is 44.2 Å². The first-order chi connectivity index (χ1) is 12.4. The summed E-state index contributed by atoms with van der Waals surface area (Å²) in [5.41, 5.74) is 7.31. The van der Waals surface area contributed by atoms with Crippen LogP contribution in [-0.2, 0) is 4.79 Å². The molecule has 0 bridgehead atoms. The summed E-state index contributed by atoms with van der Waals surface area (Å²) in [7, 11) is 0. The molecule has 7 heteroatoms. The lowest BCUT2D eigenvalue weighted by molar-refractivity contribution is -0.124. The number of nitrogens with two attached hydrogens (primary N) is 1. The highest BCUT2D eigenvalue weighted by atomic mass is 35.5. The summed E-state index contributed by atoms with van der Waals surface area (Å²) < 4.78 is 13.0. The van der Waals surface area contributed by atoms with Crippen LogP contribution in [0.3, 0.4) is 0 Å². The minimum absolute atomic E-state index is 0. The molecule has 0 aromatic heterocycles. The van der Waals surface area contributed by atoms with E-state index >= 15 is 0 Å². The second kappa shape index (κ2) is 10.6. The van der Waals surface area contributed by atoms with Gasteiger partial charge >= 0.3 is 0 Å². The Labute approximate surface area is 164 Å². The Balaban J connectivity index is 0.00000364. The van der Waals surface area contributed by atoms with Gasteiger partial charge in [0.05, 0.1) is 0 Å². The van der Waals surface area contributed by atoms with Crippen LogP contribution in [-0.4, -0.2) is 24.4 Å². The molecule has 0 aliphatic rings. The minimum Gasteiger partial charge on any atom is -0.352 e. The van der Waals surface area contributed by atoms with Crippen LogP contribution in [0.25, 0.3) is 0 Å². The van der Waals surface area contributed by atoms with Crippen molar-refractivity contribution in [1.82, 2.24) is 10.6 Å². The van der Waals surface area contributed by atoms with E-state index in [9.17, 15) is 14.0 Å². The molecule has 0 fully saturated rings. The Kier molecular flexibility index (Phi) is 8.91. The van der Waals surface area contributed by atoms with E-state index in [0.29, 0.717) is 5.56 Å². The van der Waals surface area contributed by atoms with Crippen molar-refractivity contribution in [2.24, 2.45) is 11.7 Å². The molecule has 0 aliphatic carbocycles. The van der Waals surface area contributed by atoms with Gasteiger partial charge in [-0.15, -0.1) is 12.4 Å². The van der Waals surface area contributed by atoms with E-state index in [4.69, 9.17) is 5.73 Å². The zero-order chi connectivity index (χ0) is 19.1. The van der Waals surface area contributed by atoms with Gasteiger partial charge in [0, 0.05) is 18.2 Å². The second-order valence-electron chi connectivity index (χ2n) is 6.46. The van der Waals surface area contributed by atoms with Crippen LogP contribution in [0.1, 0.15) is 35.8 Å². The van der Waals surface area contributed by atoms with Crippen molar-refractivity contribution in [2.75, 3.05) is 6.54 Å². The van der Waals surface area contributed by atoms with E-state index in [-0.39, 0.29) is 36.8 Å². The summed E-state index contributed by atoms with van der Waals surface area (Å²) in [5, 5.41) is 5.49.